The number of rotatable bonds is 6. The molecule has 1 unspecified atom stereocenters. The van der Waals surface area contributed by atoms with Crippen molar-refractivity contribution >= 4 is 39.8 Å². The SMILES string of the molecule is CCc1ccccc1Nc1nnc(SC(C)C(=O)N2CCc3ccccc3C2)s1. The summed E-state index contributed by atoms with van der Waals surface area (Å²) in [6.45, 7) is 5.55. The molecule has 29 heavy (non-hydrogen) atoms. The third-order valence-electron chi connectivity index (χ3n) is 5.11. The van der Waals surface area contributed by atoms with E-state index in [4.69, 9.17) is 0 Å². The van der Waals surface area contributed by atoms with Gasteiger partial charge in [0.2, 0.25) is 11.0 Å². The zero-order valence-corrected chi connectivity index (χ0v) is 18.2. The predicted octanol–water partition coefficient (Wildman–Crippen LogP) is 4.91. The molecule has 0 radical (unpaired) electrons. The molecule has 7 heteroatoms. The van der Waals surface area contributed by atoms with Gasteiger partial charge < -0.3 is 10.2 Å². The number of carbonyl (C=O) groups is 1. The summed E-state index contributed by atoms with van der Waals surface area (Å²) in [4.78, 5) is 14.9. The van der Waals surface area contributed by atoms with Crippen LogP contribution >= 0.6 is 23.1 Å². The number of amides is 1. The van der Waals surface area contributed by atoms with Crippen molar-refractivity contribution in [3.63, 3.8) is 0 Å². The van der Waals surface area contributed by atoms with Gasteiger partial charge in [-0.15, -0.1) is 10.2 Å². The quantitative estimate of drug-likeness (QED) is 0.570. The minimum absolute atomic E-state index is 0.158. The van der Waals surface area contributed by atoms with Crippen LogP contribution in [-0.4, -0.2) is 32.8 Å². The molecule has 1 N–H and O–H groups in total. The third kappa shape index (κ3) is 4.62. The van der Waals surface area contributed by atoms with E-state index in [1.54, 1.807) is 0 Å². The van der Waals surface area contributed by atoms with Crippen LogP contribution in [0.15, 0.2) is 52.9 Å². The minimum Gasteiger partial charge on any atom is -0.337 e. The second-order valence-corrected chi connectivity index (χ2v) is 9.61. The lowest BCUT2D eigenvalue weighted by atomic mass is 10.00. The van der Waals surface area contributed by atoms with Gasteiger partial charge in [0.1, 0.15) is 0 Å². The molecule has 5 nitrogen and oxygen atoms in total. The van der Waals surface area contributed by atoms with Gasteiger partial charge in [0.15, 0.2) is 4.34 Å². The van der Waals surface area contributed by atoms with Gasteiger partial charge in [-0.1, -0.05) is 72.5 Å². The van der Waals surface area contributed by atoms with Crippen molar-refractivity contribution in [2.45, 2.75) is 42.8 Å². The van der Waals surface area contributed by atoms with Gasteiger partial charge in [-0.25, -0.2) is 0 Å². The highest BCUT2D eigenvalue weighted by Crippen LogP contribution is 2.32. The highest BCUT2D eigenvalue weighted by Gasteiger charge is 2.26. The zero-order valence-electron chi connectivity index (χ0n) is 16.6. The summed E-state index contributed by atoms with van der Waals surface area (Å²) in [7, 11) is 0. The molecule has 4 rings (SSSR count). The Bertz CT molecular complexity index is 1000. The van der Waals surface area contributed by atoms with E-state index in [0.717, 1.165) is 34.5 Å². The van der Waals surface area contributed by atoms with Crippen LogP contribution in [0, 0.1) is 0 Å². The first kappa shape index (κ1) is 19.9. The Morgan fingerprint density at radius 3 is 2.76 bits per heavy atom. The number of hydrogen-bond donors (Lipinski definition) is 1. The first-order chi connectivity index (χ1) is 14.1. The molecule has 1 aliphatic rings. The first-order valence-corrected chi connectivity index (χ1v) is 11.5. The molecule has 0 spiro atoms. The Balaban J connectivity index is 1.38. The van der Waals surface area contributed by atoms with Crippen LogP contribution < -0.4 is 5.32 Å². The average molecular weight is 425 g/mol. The van der Waals surface area contributed by atoms with Gasteiger partial charge in [0.25, 0.3) is 0 Å². The monoisotopic (exact) mass is 424 g/mol. The van der Waals surface area contributed by atoms with Crippen LogP contribution in [0.2, 0.25) is 0 Å². The summed E-state index contributed by atoms with van der Waals surface area (Å²) in [5.41, 5.74) is 4.90. The molecule has 1 atom stereocenters. The van der Waals surface area contributed by atoms with Gasteiger partial charge >= 0.3 is 0 Å². The van der Waals surface area contributed by atoms with E-state index < -0.39 is 0 Å². The number of fused-ring (bicyclic) bond motifs is 1. The van der Waals surface area contributed by atoms with Crippen molar-refractivity contribution < 1.29 is 4.79 Å². The zero-order chi connectivity index (χ0) is 20.2. The molecular formula is C22H24N4OS2. The van der Waals surface area contributed by atoms with Crippen LogP contribution in [0.5, 0.6) is 0 Å². The molecule has 0 saturated carbocycles. The molecule has 2 heterocycles. The molecule has 1 aromatic heterocycles. The maximum absolute atomic E-state index is 12.9. The predicted molar refractivity (Wildman–Crippen MR) is 120 cm³/mol. The highest BCUT2D eigenvalue weighted by molar-refractivity contribution is 8.02. The number of aromatic nitrogens is 2. The Morgan fingerprint density at radius 2 is 1.93 bits per heavy atom. The van der Waals surface area contributed by atoms with E-state index in [-0.39, 0.29) is 11.2 Å². The Labute approximate surface area is 179 Å². The van der Waals surface area contributed by atoms with E-state index >= 15 is 0 Å². The number of benzene rings is 2. The molecule has 1 aliphatic heterocycles. The van der Waals surface area contributed by atoms with Gasteiger partial charge in [-0.3, -0.25) is 4.79 Å². The molecule has 2 aromatic carbocycles. The van der Waals surface area contributed by atoms with Gasteiger partial charge in [0.05, 0.1) is 5.25 Å². The number of carbonyl (C=O) groups excluding carboxylic acids is 1. The highest BCUT2D eigenvalue weighted by atomic mass is 32.2. The Morgan fingerprint density at radius 1 is 1.17 bits per heavy atom. The normalized spacial score (nSPS) is 14.3. The lowest BCUT2D eigenvalue weighted by Crippen LogP contribution is -2.40. The second kappa shape index (κ2) is 8.97. The fourth-order valence-corrected chi connectivity index (χ4v) is 5.51. The van der Waals surface area contributed by atoms with E-state index in [0.29, 0.717) is 6.54 Å². The lowest BCUT2D eigenvalue weighted by Gasteiger charge is -2.30. The van der Waals surface area contributed by atoms with E-state index in [2.05, 4.69) is 46.7 Å². The Kier molecular flexibility index (Phi) is 6.16. The largest absolute Gasteiger partial charge is 0.337 e. The molecule has 0 saturated heterocycles. The summed E-state index contributed by atoms with van der Waals surface area (Å²) >= 11 is 2.97. The summed E-state index contributed by atoms with van der Waals surface area (Å²) in [6.07, 6.45) is 1.87. The van der Waals surface area contributed by atoms with Gasteiger partial charge in [-0.2, -0.15) is 0 Å². The summed E-state index contributed by atoms with van der Waals surface area (Å²) in [5, 5.41) is 12.4. The van der Waals surface area contributed by atoms with Crippen molar-refractivity contribution in [3.8, 4) is 0 Å². The smallest absolute Gasteiger partial charge is 0.236 e. The van der Waals surface area contributed by atoms with Gasteiger partial charge in [0, 0.05) is 18.8 Å². The molecule has 150 valence electrons. The first-order valence-electron chi connectivity index (χ1n) is 9.84. The fourth-order valence-electron chi connectivity index (χ4n) is 3.52. The third-order valence-corrected chi connectivity index (χ3v) is 7.12. The summed E-state index contributed by atoms with van der Waals surface area (Å²) in [6, 6.07) is 16.6. The van der Waals surface area contributed by atoms with E-state index in [9.17, 15) is 4.79 Å². The lowest BCUT2D eigenvalue weighted by molar-refractivity contribution is -0.131. The number of para-hydroxylation sites is 1. The summed E-state index contributed by atoms with van der Waals surface area (Å²) in [5.74, 6) is 0.158. The van der Waals surface area contributed by atoms with Crippen molar-refractivity contribution in [1.82, 2.24) is 15.1 Å². The van der Waals surface area contributed by atoms with Crippen LogP contribution in [-0.2, 0) is 24.2 Å². The second-order valence-electron chi connectivity index (χ2n) is 7.05. The maximum Gasteiger partial charge on any atom is 0.236 e. The molecular weight excluding hydrogens is 400 g/mol. The molecule has 3 aromatic rings. The maximum atomic E-state index is 12.9. The average Bonchev–Trinajstić information content (AvgIpc) is 3.19. The number of thioether (sulfide) groups is 1. The molecule has 1 amide bonds. The number of aryl methyl sites for hydroxylation is 1. The standard InChI is InChI=1S/C22H24N4OS2/c1-3-16-8-6-7-11-19(16)23-21-24-25-22(29-21)28-15(2)20(27)26-13-12-17-9-4-5-10-18(17)14-26/h4-11,15H,3,12-14H2,1-2H3,(H,23,24). The van der Waals surface area contributed by atoms with Crippen molar-refractivity contribution in [2.75, 3.05) is 11.9 Å². The van der Waals surface area contributed by atoms with Crippen LogP contribution in [0.3, 0.4) is 0 Å². The van der Waals surface area contributed by atoms with Gasteiger partial charge in [-0.05, 0) is 42.5 Å². The molecule has 0 bridgehead atoms. The van der Waals surface area contributed by atoms with Crippen LogP contribution in [0.4, 0.5) is 10.8 Å². The molecule has 0 fully saturated rings. The van der Waals surface area contributed by atoms with Crippen molar-refractivity contribution in [3.05, 3.63) is 65.2 Å². The number of nitrogens with one attached hydrogen (secondary N) is 1. The summed E-state index contributed by atoms with van der Waals surface area (Å²) < 4.78 is 0.805. The number of hydrogen-bond acceptors (Lipinski definition) is 6. The van der Waals surface area contributed by atoms with E-state index in [1.807, 2.05) is 36.1 Å². The van der Waals surface area contributed by atoms with E-state index in [1.165, 1.54) is 39.8 Å². The number of nitrogens with zero attached hydrogens (tertiary/aromatic N) is 3. The topological polar surface area (TPSA) is 58.1 Å². The van der Waals surface area contributed by atoms with Crippen molar-refractivity contribution in [1.29, 1.82) is 0 Å². The van der Waals surface area contributed by atoms with Crippen LogP contribution in [0.25, 0.3) is 0 Å². The fraction of sp³-hybridized carbons (Fsp3) is 0.318. The Hall–Kier alpha value is -2.38. The van der Waals surface area contributed by atoms with Crippen molar-refractivity contribution in [2.24, 2.45) is 0 Å². The minimum atomic E-state index is -0.191. The van der Waals surface area contributed by atoms with Crippen LogP contribution in [0.1, 0.15) is 30.5 Å². The number of anilines is 2. The molecule has 0 aliphatic carbocycles.